The van der Waals surface area contributed by atoms with Crippen LogP contribution in [0.5, 0.6) is 0 Å². The van der Waals surface area contributed by atoms with Crippen LogP contribution in [0.3, 0.4) is 0 Å². The molecular formula is C16H17BrO. The molecule has 2 aromatic rings. The second-order valence-corrected chi connectivity index (χ2v) is 5.69. The van der Waals surface area contributed by atoms with Crippen LogP contribution in [0.15, 0.2) is 40.9 Å². The summed E-state index contributed by atoms with van der Waals surface area (Å²) in [4.78, 5) is 0. The molecule has 0 radical (unpaired) electrons. The van der Waals surface area contributed by atoms with E-state index in [1.165, 1.54) is 5.56 Å². The molecule has 2 heteroatoms. The van der Waals surface area contributed by atoms with Crippen LogP contribution in [0.25, 0.3) is 0 Å². The molecule has 0 heterocycles. The van der Waals surface area contributed by atoms with E-state index >= 15 is 0 Å². The lowest BCUT2D eigenvalue weighted by Gasteiger charge is -2.18. The lowest BCUT2D eigenvalue weighted by atomic mass is 9.92. The van der Waals surface area contributed by atoms with E-state index in [9.17, 15) is 5.11 Å². The van der Waals surface area contributed by atoms with Crippen LogP contribution in [0.2, 0.25) is 0 Å². The number of rotatable bonds is 2. The summed E-state index contributed by atoms with van der Waals surface area (Å²) in [5.41, 5.74) is 5.44. The topological polar surface area (TPSA) is 20.2 Å². The summed E-state index contributed by atoms with van der Waals surface area (Å²) in [6.07, 6.45) is -0.567. The summed E-state index contributed by atoms with van der Waals surface area (Å²) < 4.78 is 0.987. The quantitative estimate of drug-likeness (QED) is 0.868. The van der Waals surface area contributed by atoms with Crippen LogP contribution in [0.4, 0.5) is 0 Å². The molecule has 94 valence electrons. The molecule has 0 aliphatic rings. The fourth-order valence-electron chi connectivity index (χ4n) is 2.47. The predicted octanol–water partition coefficient (Wildman–Crippen LogP) is 4.46. The Hall–Kier alpha value is -1.12. The van der Waals surface area contributed by atoms with E-state index in [-0.39, 0.29) is 0 Å². The van der Waals surface area contributed by atoms with Crippen LogP contribution in [0.1, 0.15) is 33.9 Å². The van der Waals surface area contributed by atoms with Crippen molar-refractivity contribution in [3.63, 3.8) is 0 Å². The molecule has 1 N–H and O–H groups in total. The first-order valence-electron chi connectivity index (χ1n) is 6.00. The molecule has 0 amide bonds. The van der Waals surface area contributed by atoms with Gasteiger partial charge in [-0.2, -0.15) is 0 Å². The van der Waals surface area contributed by atoms with E-state index < -0.39 is 6.10 Å². The molecule has 0 unspecified atom stereocenters. The molecule has 0 saturated heterocycles. The van der Waals surface area contributed by atoms with Crippen LogP contribution >= 0.6 is 15.9 Å². The highest BCUT2D eigenvalue weighted by atomic mass is 79.9. The van der Waals surface area contributed by atoms with Gasteiger partial charge in [-0.1, -0.05) is 45.8 Å². The van der Waals surface area contributed by atoms with Gasteiger partial charge in [-0.15, -0.1) is 0 Å². The average Bonchev–Trinajstić information content (AvgIpc) is 2.27. The van der Waals surface area contributed by atoms with Crippen molar-refractivity contribution in [3.05, 3.63) is 68.7 Å². The Balaban J connectivity index is 2.49. The van der Waals surface area contributed by atoms with Crippen molar-refractivity contribution in [1.29, 1.82) is 0 Å². The Morgan fingerprint density at radius 3 is 2.17 bits per heavy atom. The van der Waals surface area contributed by atoms with Crippen molar-refractivity contribution < 1.29 is 5.11 Å². The molecule has 0 aliphatic heterocycles. The maximum Gasteiger partial charge on any atom is 0.105 e. The highest BCUT2D eigenvalue weighted by Crippen LogP contribution is 2.29. The lowest BCUT2D eigenvalue weighted by molar-refractivity contribution is 0.218. The molecule has 0 spiro atoms. The Morgan fingerprint density at radius 1 is 1.00 bits per heavy atom. The minimum absolute atomic E-state index is 0.567. The summed E-state index contributed by atoms with van der Waals surface area (Å²) in [5, 5.41) is 10.5. The first-order valence-corrected chi connectivity index (χ1v) is 6.79. The van der Waals surface area contributed by atoms with Gasteiger partial charge in [0.25, 0.3) is 0 Å². The minimum atomic E-state index is -0.567. The third-order valence-electron chi connectivity index (χ3n) is 3.18. The van der Waals surface area contributed by atoms with Crippen molar-refractivity contribution in [2.75, 3.05) is 0 Å². The van der Waals surface area contributed by atoms with Crippen molar-refractivity contribution >= 4 is 15.9 Å². The van der Waals surface area contributed by atoms with Crippen LogP contribution in [0, 0.1) is 20.8 Å². The molecule has 1 nitrogen and oxygen atoms in total. The minimum Gasteiger partial charge on any atom is -0.384 e. The number of hydrogen-bond donors (Lipinski definition) is 1. The Bertz CT molecular complexity index is 552. The van der Waals surface area contributed by atoms with E-state index in [4.69, 9.17) is 0 Å². The molecule has 0 fully saturated rings. The van der Waals surface area contributed by atoms with Crippen molar-refractivity contribution in [1.82, 2.24) is 0 Å². The van der Waals surface area contributed by atoms with E-state index in [0.29, 0.717) is 0 Å². The highest BCUT2D eigenvalue weighted by Gasteiger charge is 2.15. The summed E-state index contributed by atoms with van der Waals surface area (Å²) in [5.74, 6) is 0. The van der Waals surface area contributed by atoms with E-state index in [2.05, 4.69) is 48.8 Å². The van der Waals surface area contributed by atoms with Gasteiger partial charge in [-0.25, -0.2) is 0 Å². The SMILES string of the molecule is Cc1cc(C)c([C@@H](O)c2cccc(Br)c2)c(C)c1. The van der Waals surface area contributed by atoms with Gasteiger partial charge in [-0.3, -0.25) is 0 Å². The zero-order valence-electron chi connectivity index (χ0n) is 10.9. The zero-order chi connectivity index (χ0) is 13.3. The van der Waals surface area contributed by atoms with Gasteiger partial charge in [0.15, 0.2) is 0 Å². The zero-order valence-corrected chi connectivity index (χ0v) is 12.5. The summed E-state index contributed by atoms with van der Waals surface area (Å²) in [7, 11) is 0. The predicted molar refractivity (Wildman–Crippen MR) is 78.9 cm³/mol. The van der Waals surface area contributed by atoms with Crippen molar-refractivity contribution in [2.45, 2.75) is 26.9 Å². The number of aliphatic hydroxyl groups excluding tert-OH is 1. The molecule has 2 aromatic carbocycles. The van der Waals surface area contributed by atoms with Gasteiger partial charge in [0, 0.05) is 4.47 Å². The molecule has 2 rings (SSSR count). The number of aliphatic hydroxyl groups is 1. The van der Waals surface area contributed by atoms with Crippen LogP contribution in [-0.4, -0.2) is 5.11 Å². The highest BCUT2D eigenvalue weighted by molar-refractivity contribution is 9.10. The molecular weight excluding hydrogens is 288 g/mol. The van der Waals surface area contributed by atoms with Crippen LogP contribution in [-0.2, 0) is 0 Å². The molecule has 0 aliphatic carbocycles. The normalized spacial score (nSPS) is 12.5. The largest absolute Gasteiger partial charge is 0.384 e. The third-order valence-corrected chi connectivity index (χ3v) is 3.67. The Kier molecular flexibility index (Phi) is 3.88. The van der Waals surface area contributed by atoms with Crippen LogP contribution < -0.4 is 0 Å². The summed E-state index contributed by atoms with van der Waals surface area (Å²) in [6, 6.07) is 12.1. The summed E-state index contributed by atoms with van der Waals surface area (Å²) >= 11 is 3.44. The molecule has 0 saturated carbocycles. The monoisotopic (exact) mass is 304 g/mol. The first kappa shape index (κ1) is 13.3. The van der Waals surface area contributed by atoms with Gasteiger partial charge < -0.3 is 5.11 Å². The molecule has 18 heavy (non-hydrogen) atoms. The van der Waals surface area contributed by atoms with Gasteiger partial charge in [0.05, 0.1) is 0 Å². The lowest BCUT2D eigenvalue weighted by Crippen LogP contribution is -2.05. The van der Waals surface area contributed by atoms with E-state index in [0.717, 1.165) is 26.7 Å². The van der Waals surface area contributed by atoms with Gasteiger partial charge in [0.2, 0.25) is 0 Å². The second-order valence-electron chi connectivity index (χ2n) is 4.77. The van der Waals surface area contributed by atoms with Gasteiger partial charge >= 0.3 is 0 Å². The fraction of sp³-hybridized carbons (Fsp3) is 0.250. The van der Waals surface area contributed by atoms with Gasteiger partial charge in [0.1, 0.15) is 6.10 Å². The standard InChI is InChI=1S/C16H17BrO/c1-10-7-11(2)15(12(3)8-10)16(18)13-5-4-6-14(17)9-13/h4-9,16,18H,1-3H3/t16-/m0/s1. The maximum absolute atomic E-state index is 10.5. The second kappa shape index (κ2) is 5.25. The third kappa shape index (κ3) is 2.65. The first-order chi connectivity index (χ1) is 8.49. The average molecular weight is 305 g/mol. The van der Waals surface area contributed by atoms with E-state index in [1.54, 1.807) is 0 Å². The van der Waals surface area contributed by atoms with E-state index in [1.807, 2.05) is 24.3 Å². The number of benzene rings is 2. The maximum atomic E-state index is 10.5. The van der Waals surface area contributed by atoms with Crippen molar-refractivity contribution in [3.8, 4) is 0 Å². The fourth-order valence-corrected chi connectivity index (χ4v) is 2.88. The number of hydrogen-bond acceptors (Lipinski definition) is 1. The molecule has 1 atom stereocenters. The molecule has 0 bridgehead atoms. The Morgan fingerprint density at radius 2 is 1.61 bits per heavy atom. The molecule has 0 aromatic heterocycles. The smallest absolute Gasteiger partial charge is 0.105 e. The van der Waals surface area contributed by atoms with Crippen molar-refractivity contribution in [2.24, 2.45) is 0 Å². The van der Waals surface area contributed by atoms with Gasteiger partial charge in [-0.05, 0) is 55.2 Å². The number of aryl methyl sites for hydroxylation is 3. The number of halogens is 1. The summed E-state index contributed by atoms with van der Waals surface area (Å²) in [6.45, 7) is 6.18. The Labute approximate surface area is 117 Å².